The van der Waals surface area contributed by atoms with E-state index in [2.05, 4.69) is 25.6 Å². The highest BCUT2D eigenvalue weighted by atomic mass is 79.9. The molecule has 2 aromatic heterocycles. The maximum atomic E-state index is 12.8. The van der Waals surface area contributed by atoms with Gasteiger partial charge < -0.3 is 0 Å². The zero-order valence-corrected chi connectivity index (χ0v) is 17.3. The smallest absolute Gasteiger partial charge is 0.279 e. The number of aryl methyl sites for hydroxylation is 4. The summed E-state index contributed by atoms with van der Waals surface area (Å²) in [6, 6.07) is 5.08. The number of fused-ring (bicyclic) bond motifs is 1. The molecule has 0 amide bonds. The van der Waals surface area contributed by atoms with Crippen molar-refractivity contribution in [2.75, 3.05) is 4.72 Å². The van der Waals surface area contributed by atoms with Gasteiger partial charge in [-0.3, -0.25) is 13.9 Å². The number of nitrogens with zero attached hydrogens (tertiary/aromatic N) is 2. The zero-order valence-electron chi connectivity index (χ0n) is 14.0. The number of rotatable bonds is 3. The van der Waals surface area contributed by atoms with Crippen LogP contribution in [-0.4, -0.2) is 17.8 Å². The summed E-state index contributed by atoms with van der Waals surface area (Å²) in [6.45, 7) is 7.04. The Morgan fingerprint density at radius 2 is 1.88 bits per heavy atom. The number of halogens is 1. The average molecular weight is 442 g/mol. The molecule has 0 spiro atoms. The predicted molar refractivity (Wildman–Crippen MR) is 103 cm³/mol. The molecule has 1 aromatic carbocycles. The monoisotopic (exact) mass is 441 g/mol. The summed E-state index contributed by atoms with van der Waals surface area (Å²) in [5, 5.41) is 0. The molecule has 0 radical (unpaired) electrons. The lowest BCUT2D eigenvalue weighted by molar-refractivity contribution is 0.598. The van der Waals surface area contributed by atoms with Crippen LogP contribution >= 0.6 is 27.3 Å². The molecule has 0 unspecified atom stereocenters. The molecule has 0 aliphatic rings. The number of benzene rings is 1. The fourth-order valence-electron chi connectivity index (χ4n) is 2.54. The molecule has 9 heteroatoms. The normalized spacial score (nSPS) is 11.9. The molecule has 3 aromatic rings. The van der Waals surface area contributed by atoms with Gasteiger partial charge in [-0.15, -0.1) is 11.3 Å². The van der Waals surface area contributed by atoms with E-state index in [1.807, 2.05) is 13.8 Å². The third kappa shape index (κ3) is 3.11. The molecule has 1 N–H and O–H groups in total. The molecule has 6 nitrogen and oxygen atoms in total. The lowest BCUT2D eigenvalue weighted by Crippen LogP contribution is -2.28. The SMILES string of the molecule is Cc1cc(NS(=O)(=O)c2c(C)nc3sc(C)c(C)n3c2=O)ccc1Br. The van der Waals surface area contributed by atoms with Crippen molar-refractivity contribution >= 4 is 47.9 Å². The van der Waals surface area contributed by atoms with Crippen molar-refractivity contribution in [1.82, 2.24) is 9.38 Å². The highest BCUT2D eigenvalue weighted by Gasteiger charge is 2.25. The van der Waals surface area contributed by atoms with Gasteiger partial charge in [-0.1, -0.05) is 15.9 Å². The van der Waals surface area contributed by atoms with Gasteiger partial charge >= 0.3 is 0 Å². The molecule has 0 saturated heterocycles. The van der Waals surface area contributed by atoms with Gasteiger partial charge in [0.2, 0.25) is 0 Å². The van der Waals surface area contributed by atoms with Crippen LogP contribution < -0.4 is 10.3 Å². The fourth-order valence-corrected chi connectivity index (χ4v) is 5.09. The van der Waals surface area contributed by atoms with Gasteiger partial charge in [0, 0.05) is 20.7 Å². The summed E-state index contributed by atoms with van der Waals surface area (Å²) in [5.41, 5.74) is 1.58. The second kappa shape index (κ2) is 6.22. The van der Waals surface area contributed by atoms with E-state index in [4.69, 9.17) is 0 Å². The van der Waals surface area contributed by atoms with E-state index in [9.17, 15) is 13.2 Å². The standard InChI is InChI=1S/C16H16BrN3O3S2/c1-8-7-12(5-6-13(8)17)19-25(22,23)14-9(2)18-16-20(15(14)21)10(3)11(4)24-16/h5-7,19H,1-4H3. The maximum absolute atomic E-state index is 12.8. The molecule has 0 aliphatic carbocycles. The highest BCUT2D eigenvalue weighted by molar-refractivity contribution is 9.10. The number of nitrogens with one attached hydrogen (secondary N) is 1. The Labute approximate surface area is 157 Å². The van der Waals surface area contributed by atoms with Crippen LogP contribution in [0.1, 0.15) is 21.8 Å². The Balaban J connectivity index is 2.18. The summed E-state index contributed by atoms with van der Waals surface area (Å²) < 4.78 is 30.4. The Morgan fingerprint density at radius 1 is 1.20 bits per heavy atom. The first-order valence-electron chi connectivity index (χ1n) is 7.40. The van der Waals surface area contributed by atoms with Crippen molar-refractivity contribution in [3.63, 3.8) is 0 Å². The van der Waals surface area contributed by atoms with E-state index in [1.54, 1.807) is 25.1 Å². The third-order valence-corrected chi connectivity index (χ3v) is 7.41. The van der Waals surface area contributed by atoms with Crippen molar-refractivity contribution in [3.05, 3.63) is 54.9 Å². The van der Waals surface area contributed by atoms with Crippen LogP contribution in [0.3, 0.4) is 0 Å². The van der Waals surface area contributed by atoms with Gasteiger partial charge in [-0.05, 0) is 51.5 Å². The zero-order chi connectivity index (χ0) is 18.5. The van der Waals surface area contributed by atoms with E-state index in [-0.39, 0.29) is 10.6 Å². The lowest BCUT2D eigenvalue weighted by Gasteiger charge is -2.11. The van der Waals surface area contributed by atoms with Crippen molar-refractivity contribution in [2.45, 2.75) is 32.6 Å². The number of hydrogen-bond donors (Lipinski definition) is 1. The second-order valence-corrected chi connectivity index (χ2v) is 9.42. The topological polar surface area (TPSA) is 80.5 Å². The average Bonchev–Trinajstić information content (AvgIpc) is 2.77. The van der Waals surface area contributed by atoms with E-state index in [0.29, 0.717) is 16.3 Å². The molecule has 0 bridgehead atoms. The fraction of sp³-hybridized carbons (Fsp3) is 0.250. The van der Waals surface area contributed by atoms with Crippen molar-refractivity contribution in [2.24, 2.45) is 0 Å². The minimum Gasteiger partial charge on any atom is -0.279 e. The number of aromatic nitrogens is 2. The van der Waals surface area contributed by atoms with E-state index < -0.39 is 15.6 Å². The Kier molecular flexibility index (Phi) is 4.50. The van der Waals surface area contributed by atoms with Crippen LogP contribution in [0.15, 0.2) is 32.4 Å². The van der Waals surface area contributed by atoms with Gasteiger partial charge in [0.25, 0.3) is 15.6 Å². The minimum absolute atomic E-state index is 0.188. The van der Waals surface area contributed by atoms with Gasteiger partial charge in [-0.25, -0.2) is 13.4 Å². The maximum Gasteiger partial charge on any atom is 0.279 e. The van der Waals surface area contributed by atoms with Crippen LogP contribution in [0.4, 0.5) is 5.69 Å². The number of sulfonamides is 1. The second-order valence-electron chi connectivity index (χ2n) is 5.76. The first-order chi connectivity index (χ1) is 11.6. The molecule has 0 aliphatic heterocycles. The summed E-state index contributed by atoms with van der Waals surface area (Å²) in [5.74, 6) is 0. The van der Waals surface area contributed by atoms with E-state index in [0.717, 1.165) is 14.9 Å². The lowest BCUT2D eigenvalue weighted by atomic mass is 10.2. The van der Waals surface area contributed by atoms with Gasteiger partial charge in [-0.2, -0.15) is 0 Å². The van der Waals surface area contributed by atoms with E-state index in [1.165, 1.54) is 22.7 Å². The molecular weight excluding hydrogens is 426 g/mol. The van der Waals surface area contributed by atoms with Crippen LogP contribution in [0.2, 0.25) is 0 Å². The van der Waals surface area contributed by atoms with Gasteiger partial charge in [0.1, 0.15) is 0 Å². The molecular formula is C16H16BrN3O3S2. The summed E-state index contributed by atoms with van der Waals surface area (Å²) in [6.07, 6.45) is 0. The highest BCUT2D eigenvalue weighted by Crippen LogP contribution is 2.24. The van der Waals surface area contributed by atoms with Gasteiger partial charge in [0.15, 0.2) is 9.86 Å². The first kappa shape index (κ1) is 18.1. The summed E-state index contributed by atoms with van der Waals surface area (Å²) in [4.78, 5) is 18.3. The predicted octanol–water partition coefficient (Wildman–Crippen LogP) is 3.55. The summed E-state index contributed by atoms with van der Waals surface area (Å²) in [7, 11) is -4.06. The minimum atomic E-state index is -4.06. The Bertz CT molecular complexity index is 1160. The van der Waals surface area contributed by atoms with Crippen molar-refractivity contribution < 1.29 is 8.42 Å². The molecule has 25 heavy (non-hydrogen) atoms. The van der Waals surface area contributed by atoms with Crippen LogP contribution in [-0.2, 0) is 10.0 Å². The number of thiazole rings is 1. The molecule has 2 heterocycles. The summed E-state index contributed by atoms with van der Waals surface area (Å²) >= 11 is 4.74. The third-order valence-electron chi connectivity index (χ3n) is 3.95. The molecule has 0 saturated carbocycles. The quantitative estimate of drug-likeness (QED) is 0.673. The van der Waals surface area contributed by atoms with Crippen molar-refractivity contribution in [1.29, 1.82) is 0 Å². The largest absolute Gasteiger partial charge is 0.279 e. The van der Waals surface area contributed by atoms with Gasteiger partial charge in [0.05, 0.1) is 5.69 Å². The first-order valence-corrected chi connectivity index (χ1v) is 10.5. The van der Waals surface area contributed by atoms with E-state index >= 15 is 0 Å². The molecule has 132 valence electrons. The van der Waals surface area contributed by atoms with Crippen molar-refractivity contribution in [3.8, 4) is 0 Å². The Hall–Kier alpha value is -1.71. The Morgan fingerprint density at radius 3 is 2.52 bits per heavy atom. The molecule has 3 rings (SSSR count). The van der Waals surface area contributed by atoms with Crippen LogP contribution in [0.5, 0.6) is 0 Å². The van der Waals surface area contributed by atoms with Crippen LogP contribution in [0.25, 0.3) is 4.96 Å². The van der Waals surface area contributed by atoms with Crippen LogP contribution in [0, 0.1) is 27.7 Å². The molecule has 0 fully saturated rings. The number of anilines is 1. The number of hydrogen-bond acceptors (Lipinski definition) is 5. The molecule has 0 atom stereocenters.